The van der Waals surface area contributed by atoms with Gasteiger partial charge in [0.2, 0.25) is 21.8 Å². The molecule has 0 saturated heterocycles. The topological polar surface area (TPSA) is 86.8 Å². The van der Waals surface area contributed by atoms with E-state index < -0.39 is 34.1 Å². The minimum Gasteiger partial charge on any atom is -0.350 e. The van der Waals surface area contributed by atoms with Gasteiger partial charge in [0.15, 0.2) is 0 Å². The van der Waals surface area contributed by atoms with Crippen LogP contribution in [0.2, 0.25) is 5.02 Å². The van der Waals surface area contributed by atoms with E-state index in [9.17, 15) is 18.0 Å². The molecule has 0 radical (unpaired) electrons. The average molecular weight is 598 g/mol. The molecule has 3 aromatic carbocycles. The molecule has 9 heteroatoms. The van der Waals surface area contributed by atoms with Crippen LogP contribution in [0.15, 0.2) is 78.9 Å². The fourth-order valence-electron chi connectivity index (χ4n) is 4.61. The highest BCUT2D eigenvalue weighted by Crippen LogP contribution is 2.30. The summed E-state index contributed by atoms with van der Waals surface area (Å²) in [7, 11) is -3.86. The number of nitrogens with zero attached hydrogens (tertiary/aromatic N) is 2. The highest BCUT2D eigenvalue weighted by molar-refractivity contribution is 7.92. The van der Waals surface area contributed by atoms with Crippen LogP contribution >= 0.6 is 11.6 Å². The zero-order chi connectivity index (χ0) is 30.4. The van der Waals surface area contributed by atoms with Gasteiger partial charge in [-0.1, -0.05) is 92.2 Å². The predicted octanol–water partition coefficient (Wildman–Crippen LogP) is 5.78. The molecule has 1 atom stereocenters. The highest BCUT2D eigenvalue weighted by Gasteiger charge is 2.35. The fourth-order valence-corrected chi connectivity index (χ4v) is 5.68. The SMILES string of the molecule is CC(C)c1ccccc1N(CC(=O)N(Cc1ccccc1Cl)[C@H](Cc1ccccc1)C(=O)NC(C)(C)C)S(C)(=O)=O. The van der Waals surface area contributed by atoms with Crippen LogP contribution in [0, 0.1) is 0 Å². The maximum Gasteiger partial charge on any atom is 0.244 e. The van der Waals surface area contributed by atoms with Gasteiger partial charge in [-0.15, -0.1) is 0 Å². The molecule has 0 aliphatic heterocycles. The minimum absolute atomic E-state index is 0.0215. The maximum absolute atomic E-state index is 14.3. The molecule has 0 heterocycles. The summed E-state index contributed by atoms with van der Waals surface area (Å²) in [6.45, 7) is 9.12. The van der Waals surface area contributed by atoms with Crippen molar-refractivity contribution in [2.45, 2.75) is 65.1 Å². The number of amides is 2. The van der Waals surface area contributed by atoms with E-state index in [1.807, 2.05) is 83.1 Å². The van der Waals surface area contributed by atoms with Crippen molar-refractivity contribution < 1.29 is 18.0 Å². The third kappa shape index (κ3) is 9.07. The van der Waals surface area contributed by atoms with Crippen molar-refractivity contribution >= 4 is 39.1 Å². The second-order valence-electron chi connectivity index (χ2n) is 11.5. The number of anilines is 1. The molecule has 2 amide bonds. The number of carbonyl (C=O) groups is 2. The molecule has 0 fully saturated rings. The quantitative estimate of drug-likeness (QED) is 0.303. The van der Waals surface area contributed by atoms with Gasteiger partial charge in [0, 0.05) is 23.5 Å². The number of rotatable bonds is 11. The summed E-state index contributed by atoms with van der Waals surface area (Å²) in [4.78, 5) is 29.5. The average Bonchev–Trinajstić information content (AvgIpc) is 2.89. The Hall–Kier alpha value is -3.36. The Labute approximate surface area is 249 Å². The molecule has 0 spiro atoms. The van der Waals surface area contributed by atoms with Crippen molar-refractivity contribution in [3.63, 3.8) is 0 Å². The van der Waals surface area contributed by atoms with Gasteiger partial charge in [0.25, 0.3) is 0 Å². The molecule has 0 aliphatic rings. The molecule has 3 aromatic rings. The number of sulfonamides is 1. The lowest BCUT2D eigenvalue weighted by Gasteiger charge is -2.35. The van der Waals surface area contributed by atoms with Crippen LogP contribution < -0.4 is 9.62 Å². The summed E-state index contributed by atoms with van der Waals surface area (Å²) < 4.78 is 27.4. The number of benzene rings is 3. The van der Waals surface area contributed by atoms with Gasteiger partial charge >= 0.3 is 0 Å². The summed E-state index contributed by atoms with van der Waals surface area (Å²) in [6.07, 6.45) is 1.32. The molecule has 3 rings (SSSR count). The van der Waals surface area contributed by atoms with Gasteiger partial charge in [0.1, 0.15) is 12.6 Å². The van der Waals surface area contributed by atoms with Crippen LogP contribution in [0.4, 0.5) is 5.69 Å². The highest BCUT2D eigenvalue weighted by atomic mass is 35.5. The molecular weight excluding hydrogens is 558 g/mol. The van der Waals surface area contributed by atoms with Gasteiger partial charge in [-0.25, -0.2) is 8.42 Å². The van der Waals surface area contributed by atoms with Gasteiger partial charge in [0.05, 0.1) is 11.9 Å². The first-order valence-electron chi connectivity index (χ1n) is 13.6. The Morgan fingerprint density at radius 1 is 0.902 bits per heavy atom. The molecule has 220 valence electrons. The van der Waals surface area contributed by atoms with Crippen molar-refractivity contribution in [1.82, 2.24) is 10.2 Å². The zero-order valence-corrected chi connectivity index (χ0v) is 26.2. The fraction of sp³-hybridized carbons (Fsp3) is 0.375. The smallest absolute Gasteiger partial charge is 0.244 e. The summed E-state index contributed by atoms with van der Waals surface area (Å²) in [5.41, 5.74) is 2.20. The summed E-state index contributed by atoms with van der Waals surface area (Å²) >= 11 is 6.51. The monoisotopic (exact) mass is 597 g/mol. The third-order valence-electron chi connectivity index (χ3n) is 6.57. The zero-order valence-electron chi connectivity index (χ0n) is 24.6. The number of hydrogen-bond donors (Lipinski definition) is 1. The van der Waals surface area contributed by atoms with Gasteiger partial charge in [-0.3, -0.25) is 13.9 Å². The standard InChI is InChI=1S/C32H40ClN3O4S/c1-23(2)26-17-11-13-19-28(26)36(41(6,39)40)22-30(37)35(21-25-16-10-12-18-27(25)33)29(31(38)34-32(3,4)5)20-24-14-8-7-9-15-24/h7-19,23,29H,20-22H2,1-6H3,(H,34,38)/t29-/m1/s1. The number of para-hydroxylation sites is 1. The van der Waals surface area contributed by atoms with E-state index >= 15 is 0 Å². The van der Waals surface area contributed by atoms with Crippen molar-refractivity contribution in [2.75, 3.05) is 17.1 Å². The number of nitrogens with one attached hydrogen (secondary N) is 1. The Kier molecular flexibility index (Phi) is 10.6. The summed E-state index contributed by atoms with van der Waals surface area (Å²) in [5.74, 6) is -0.831. The second-order valence-corrected chi connectivity index (χ2v) is 13.9. The van der Waals surface area contributed by atoms with Crippen LogP contribution in [0.1, 0.15) is 57.2 Å². The van der Waals surface area contributed by atoms with E-state index in [2.05, 4.69) is 5.32 Å². The summed E-state index contributed by atoms with van der Waals surface area (Å²) in [5, 5.41) is 3.47. The van der Waals surface area contributed by atoms with Crippen LogP contribution in [-0.4, -0.2) is 49.5 Å². The van der Waals surface area contributed by atoms with Crippen molar-refractivity contribution in [3.05, 3.63) is 101 Å². The van der Waals surface area contributed by atoms with Gasteiger partial charge in [-0.05, 0) is 55.5 Å². The summed E-state index contributed by atoms with van der Waals surface area (Å²) in [6, 6.07) is 22.8. The Balaban J connectivity index is 2.12. The molecule has 1 N–H and O–H groups in total. The third-order valence-corrected chi connectivity index (χ3v) is 8.07. The lowest BCUT2D eigenvalue weighted by Crippen LogP contribution is -2.56. The van der Waals surface area contributed by atoms with Crippen molar-refractivity contribution in [2.24, 2.45) is 0 Å². The first-order chi connectivity index (χ1) is 19.2. The van der Waals surface area contributed by atoms with Crippen molar-refractivity contribution in [1.29, 1.82) is 0 Å². The number of hydrogen-bond acceptors (Lipinski definition) is 4. The molecular formula is C32H40ClN3O4S. The van der Waals surface area contributed by atoms with E-state index in [1.165, 1.54) is 4.90 Å². The molecule has 0 bridgehead atoms. The van der Waals surface area contributed by atoms with E-state index in [1.54, 1.807) is 30.3 Å². The molecule has 41 heavy (non-hydrogen) atoms. The lowest BCUT2D eigenvalue weighted by atomic mass is 10.00. The maximum atomic E-state index is 14.3. The van der Waals surface area contributed by atoms with E-state index in [0.717, 1.165) is 21.7 Å². The first-order valence-corrected chi connectivity index (χ1v) is 15.9. The van der Waals surface area contributed by atoms with Crippen LogP contribution in [0.25, 0.3) is 0 Å². The van der Waals surface area contributed by atoms with Crippen LogP contribution in [0.5, 0.6) is 0 Å². The van der Waals surface area contributed by atoms with Crippen LogP contribution in [0.3, 0.4) is 0 Å². The first kappa shape index (κ1) is 32.2. The molecule has 0 saturated carbocycles. The Morgan fingerprint density at radius 2 is 1.49 bits per heavy atom. The van der Waals surface area contributed by atoms with Gasteiger partial charge in [-0.2, -0.15) is 0 Å². The lowest BCUT2D eigenvalue weighted by molar-refractivity contribution is -0.140. The Morgan fingerprint density at radius 3 is 2.07 bits per heavy atom. The van der Waals surface area contributed by atoms with Gasteiger partial charge < -0.3 is 10.2 Å². The molecule has 0 aromatic heterocycles. The normalized spacial score (nSPS) is 12.6. The van der Waals surface area contributed by atoms with E-state index in [4.69, 9.17) is 11.6 Å². The van der Waals surface area contributed by atoms with E-state index in [0.29, 0.717) is 16.3 Å². The van der Waals surface area contributed by atoms with Crippen molar-refractivity contribution in [3.8, 4) is 0 Å². The number of halogens is 1. The predicted molar refractivity (Wildman–Crippen MR) is 167 cm³/mol. The second kappa shape index (κ2) is 13.5. The molecule has 7 nitrogen and oxygen atoms in total. The Bertz CT molecular complexity index is 1450. The van der Waals surface area contributed by atoms with Crippen LogP contribution in [-0.2, 0) is 32.6 Å². The largest absolute Gasteiger partial charge is 0.350 e. The number of carbonyl (C=O) groups excluding carboxylic acids is 2. The minimum atomic E-state index is -3.86. The molecule has 0 aliphatic carbocycles. The molecule has 0 unspecified atom stereocenters. The van der Waals surface area contributed by atoms with E-state index in [-0.39, 0.29) is 24.8 Å².